The molecule has 1 atom stereocenters. The molecule has 2 rings (SSSR count). The summed E-state index contributed by atoms with van der Waals surface area (Å²) in [7, 11) is 0. The molecule has 1 unspecified atom stereocenters. The van der Waals surface area contributed by atoms with Crippen molar-refractivity contribution in [2.24, 2.45) is 0 Å². The number of rotatable bonds is 8. The Labute approximate surface area is 123 Å². The molecule has 1 aliphatic carbocycles. The SMILES string of the molecule is CCC(CNC1CC1)(COCC(F)(F)F)c1ccccc1. The summed E-state index contributed by atoms with van der Waals surface area (Å²) < 4.78 is 42.0. The van der Waals surface area contributed by atoms with Crippen molar-refractivity contribution >= 4 is 0 Å². The summed E-state index contributed by atoms with van der Waals surface area (Å²) in [5, 5.41) is 3.43. The van der Waals surface area contributed by atoms with Crippen LogP contribution in [0.5, 0.6) is 0 Å². The Bertz CT molecular complexity index is 431. The highest BCUT2D eigenvalue weighted by Gasteiger charge is 2.35. The van der Waals surface area contributed by atoms with E-state index in [9.17, 15) is 13.2 Å². The maximum absolute atomic E-state index is 12.3. The second kappa shape index (κ2) is 6.79. The van der Waals surface area contributed by atoms with Crippen LogP contribution in [-0.2, 0) is 10.2 Å². The van der Waals surface area contributed by atoms with Gasteiger partial charge in [0.1, 0.15) is 6.61 Å². The lowest BCUT2D eigenvalue weighted by Crippen LogP contribution is -2.43. The van der Waals surface area contributed by atoms with Gasteiger partial charge < -0.3 is 10.1 Å². The molecule has 0 amide bonds. The molecule has 1 aromatic carbocycles. The third-order valence-electron chi connectivity index (χ3n) is 4.01. The molecule has 1 saturated carbocycles. The maximum atomic E-state index is 12.3. The van der Waals surface area contributed by atoms with Crippen LogP contribution in [0.3, 0.4) is 0 Å². The van der Waals surface area contributed by atoms with E-state index in [4.69, 9.17) is 4.74 Å². The van der Waals surface area contributed by atoms with E-state index in [0.29, 0.717) is 12.6 Å². The summed E-state index contributed by atoms with van der Waals surface area (Å²) in [4.78, 5) is 0. The molecule has 1 aliphatic rings. The van der Waals surface area contributed by atoms with E-state index in [1.807, 2.05) is 37.3 Å². The van der Waals surface area contributed by atoms with Crippen LogP contribution >= 0.6 is 0 Å². The summed E-state index contributed by atoms with van der Waals surface area (Å²) in [6.07, 6.45) is -1.25. The van der Waals surface area contributed by atoms with Crippen molar-refractivity contribution in [3.8, 4) is 0 Å². The second-order valence-electron chi connectivity index (χ2n) is 5.76. The number of halogens is 3. The van der Waals surface area contributed by atoms with Crippen molar-refractivity contribution in [2.45, 2.75) is 43.8 Å². The van der Waals surface area contributed by atoms with Crippen molar-refractivity contribution in [3.63, 3.8) is 0 Å². The van der Waals surface area contributed by atoms with Crippen molar-refractivity contribution in [3.05, 3.63) is 35.9 Å². The van der Waals surface area contributed by atoms with Crippen molar-refractivity contribution < 1.29 is 17.9 Å². The molecule has 2 nitrogen and oxygen atoms in total. The van der Waals surface area contributed by atoms with Crippen molar-refractivity contribution in [1.29, 1.82) is 0 Å². The Kier molecular flexibility index (Phi) is 5.27. The molecular weight excluding hydrogens is 279 g/mol. The van der Waals surface area contributed by atoms with Gasteiger partial charge in [-0.25, -0.2) is 0 Å². The van der Waals surface area contributed by atoms with Crippen LogP contribution in [0.25, 0.3) is 0 Å². The zero-order chi connectivity index (χ0) is 15.3. The van der Waals surface area contributed by atoms with Crippen LogP contribution < -0.4 is 5.32 Å². The minimum atomic E-state index is -4.28. The molecule has 5 heteroatoms. The summed E-state index contributed by atoms with van der Waals surface area (Å²) in [5.74, 6) is 0. The first-order valence-corrected chi connectivity index (χ1v) is 7.39. The quantitative estimate of drug-likeness (QED) is 0.791. The van der Waals surface area contributed by atoms with Gasteiger partial charge in [0, 0.05) is 18.0 Å². The summed E-state index contributed by atoms with van der Waals surface area (Å²) in [5.41, 5.74) is 0.623. The van der Waals surface area contributed by atoms with Crippen LogP contribution in [0.15, 0.2) is 30.3 Å². The largest absolute Gasteiger partial charge is 0.411 e. The van der Waals surface area contributed by atoms with Crippen LogP contribution in [0, 0.1) is 0 Å². The summed E-state index contributed by atoms with van der Waals surface area (Å²) in [6.45, 7) is 1.53. The summed E-state index contributed by atoms with van der Waals surface area (Å²) >= 11 is 0. The van der Waals surface area contributed by atoms with Crippen molar-refractivity contribution in [1.82, 2.24) is 5.32 Å². The first-order valence-electron chi connectivity index (χ1n) is 7.39. The fourth-order valence-corrected chi connectivity index (χ4v) is 2.45. The molecule has 1 fully saturated rings. The predicted molar refractivity (Wildman–Crippen MR) is 76.3 cm³/mol. The fourth-order valence-electron chi connectivity index (χ4n) is 2.45. The molecule has 1 N–H and O–H groups in total. The number of ether oxygens (including phenoxy) is 1. The van der Waals surface area contributed by atoms with E-state index in [2.05, 4.69) is 5.32 Å². The van der Waals surface area contributed by atoms with E-state index in [1.54, 1.807) is 0 Å². The van der Waals surface area contributed by atoms with E-state index < -0.39 is 18.2 Å². The van der Waals surface area contributed by atoms with E-state index in [1.165, 1.54) is 0 Å². The number of nitrogens with one attached hydrogen (secondary N) is 1. The molecule has 0 aromatic heterocycles. The molecule has 0 saturated heterocycles. The van der Waals surface area contributed by atoms with Gasteiger partial charge in [0.2, 0.25) is 0 Å². The van der Waals surface area contributed by atoms with Gasteiger partial charge in [-0.3, -0.25) is 0 Å². The molecule has 0 aliphatic heterocycles. The van der Waals surface area contributed by atoms with Crippen LogP contribution in [0.2, 0.25) is 0 Å². The van der Waals surface area contributed by atoms with Gasteiger partial charge in [0.05, 0.1) is 6.61 Å². The number of benzene rings is 1. The highest BCUT2D eigenvalue weighted by molar-refractivity contribution is 5.26. The van der Waals surface area contributed by atoms with Crippen LogP contribution in [0.4, 0.5) is 13.2 Å². The first kappa shape index (κ1) is 16.3. The van der Waals surface area contributed by atoms with Gasteiger partial charge in [-0.2, -0.15) is 13.2 Å². The normalized spacial score (nSPS) is 18.5. The minimum absolute atomic E-state index is 0.0761. The zero-order valence-electron chi connectivity index (χ0n) is 12.2. The van der Waals surface area contributed by atoms with Gasteiger partial charge in [-0.1, -0.05) is 37.3 Å². The Morgan fingerprint density at radius 1 is 1.14 bits per heavy atom. The predicted octanol–water partition coefficient (Wildman–Crippen LogP) is 3.67. The van der Waals surface area contributed by atoms with Gasteiger partial charge in [-0.15, -0.1) is 0 Å². The molecule has 0 heterocycles. The van der Waals surface area contributed by atoms with Gasteiger partial charge in [0.15, 0.2) is 0 Å². The van der Waals surface area contributed by atoms with Crippen molar-refractivity contribution in [2.75, 3.05) is 19.8 Å². The van der Waals surface area contributed by atoms with Gasteiger partial charge in [-0.05, 0) is 24.8 Å². The third-order valence-corrected chi connectivity index (χ3v) is 4.01. The lowest BCUT2D eigenvalue weighted by Gasteiger charge is -2.34. The fraction of sp³-hybridized carbons (Fsp3) is 0.625. The Hall–Kier alpha value is -1.07. The van der Waals surface area contributed by atoms with Crippen LogP contribution in [-0.4, -0.2) is 32.0 Å². The number of hydrogen-bond donors (Lipinski definition) is 1. The molecule has 0 spiro atoms. The molecular formula is C16H22F3NO. The third kappa shape index (κ3) is 5.00. The topological polar surface area (TPSA) is 21.3 Å². The lowest BCUT2D eigenvalue weighted by atomic mass is 9.78. The molecule has 1 aromatic rings. The molecule has 0 bridgehead atoms. The standard InChI is InChI=1S/C16H22F3NO/c1-2-15(10-20-14-8-9-14,11-21-12-16(17,18)19)13-6-4-3-5-7-13/h3-7,14,20H,2,8-12H2,1H3. The Morgan fingerprint density at radius 2 is 1.81 bits per heavy atom. The smallest absolute Gasteiger partial charge is 0.371 e. The Morgan fingerprint density at radius 3 is 2.33 bits per heavy atom. The monoisotopic (exact) mass is 301 g/mol. The second-order valence-corrected chi connectivity index (χ2v) is 5.76. The Balaban J connectivity index is 2.07. The average Bonchev–Trinajstić information content (AvgIpc) is 3.27. The summed E-state index contributed by atoms with van der Waals surface area (Å²) in [6, 6.07) is 10.2. The minimum Gasteiger partial charge on any atom is -0.371 e. The lowest BCUT2D eigenvalue weighted by molar-refractivity contribution is -0.177. The van der Waals surface area contributed by atoms with E-state index in [0.717, 1.165) is 24.8 Å². The molecule has 21 heavy (non-hydrogen) atoms. The maximum Gasteiger partial charge on any atom is 0.411 e. The van der Waals surface area contributed by atoms with Gasteiger partial charge >= 0.3 is 6.18 Å². The van der Waals surface area contributed by atoms with E-state index in [-0.39, 0.29) is 6.61 Å². The zero-order valence-corrected chi connectivity index (χ0v) is 12.2. The number of alkyl halides is 3. The van der Waals surface area contributed by atoms with Gasteiger partial charge in [0.25, 0.3) is 0 Å². The molecule has 0 radical (unpaired) electrons. The molecule has 118 valence electrons. The van der Waals surface area contributed by atoms with Crippen LogP contribution in [0.1, 0.15) is 31.7 Å². The highest BCUT2D eigenvalue weighted by atomic mass is 19.4. The first-order chi connectivity index (χ1) is 9.95. The highest BCUT2D eigenvalue weighted by Crippen LogP contribution is 2.30. The number of hydrogen-bond acceptors (Lipinski definition) is 2. The average molecular weight is 301 g/mol. The van der Waals surface area contributed by atoms with E-state index >= 15 is 0 Å².